The van der Waals surface area contributed by atoms with Gasteiger partial charge in [0, 0.05) is 4.88 Å². The molecule has 1 heterocycles. The Bertz CT molecular complexity index is 660. The lowest BCUT2D eigenvalue weighted by atomic mass is 10.2. The molecule has 0 bridgehead atoms. The van der Waals surface area contributed by atoms with Crippen molar-refractivity contribution in [3.8, 4) is 0 Å². The van der Waals surface area contributed by atoms with Crippen molar-refractivity contribution in [2.24, 2.45) is 5.10 Å². The molecule has 1 aromatic carbocycles. The minimum absolute atomic E-state index is 0.252. The summed E-state index contributed by atoms with van der Waals surface area (Å²) >= 11 is 1.64. The van der Waals surface area contributed by atoms with Crippen LogP contribution in [-0.2, 0) is 0 Å². The molecule has 0 aliphatic rings. The molecule has 2 N–H and O–H groups in total. The second kappa shape index (κ2) is 5.83. The average molecular weight is 289 g/mol. The number of hydrazone groups is 1. The van der Waals surface area contributed by atoms with E-state index in [9.17, 15) is 4.79 Å². The van der Waals surface area contributed by atoms with E-state index in [0.29, 0.717) is 0 Å². The Labute approximate surface area is 121 Å². The molecule has 0 aliphatic carbocycles. The molecule has 1 aromatic heterocycles. The Morgan fingerprint density at radius 1 is 1.30 bits per heavy atom. The van der Waals surface area contributed by atoms with E-state index in [0.717, 1.165) is 27.0 Å². The molecule has 0 unspecified atom stereocenters. The zero-order valence-corrected chi connectivity index (χ0v) is 12.3. The summed E-state index contributed by atoms with van der Waals surface area (Å²) < 4.78 is 0. The molecule has 0 saturated carbocycles. The van der Waals surface area contributed by atoms with Crippen molar-refractivity contribution in [3.63, 3.8) is 0 Å². The fourth-order valence-corrected chi connectivity index (χ4v) is 2.62. The van der Waals surface area contributed by atoms with Crippen LogP contribution in [0.15, 0.2) is 29.4 Å². The Balaban J connectivity index is 2.12. The lowest BCUT2D eigenvalue weighted by Gasteiger charge is -2.03. The van der Waals surface area contributed by atoms with Gasteiger partial charge in [0.1, 0.15) is 5.69 Å². The van der Waals surface area contributed by atoms with E-state index >= 15 is 0 Å². The van der Waals surface area contributed by atoms with Gasteiger partial charge in [-0.1, -0.05) is 0 Å². The van der Waals surface area contributed by atoms with Crippen molar-refractivity contribution >= 4 is 28.7 Å². The van der Waals surface area contributed by atoms with Crippen molar-refractivity contribution in [1.29, 1.82) is 0 Å². The van der Waals surface area contributed by atoms with Gasteiger partial charge in [0.05, 0.1) is 22.0 Å². The maximum Gasteiger partial charge on any atom is 0.335 e. The van der Waals surface area contributed by atoms with Gasteiger partial charge < -0.3 is 5.11 Å². The number of nitrogens with zero attached hydrogens (tertiary/aromatic N) is 2. The largest absolute Gasteiger partial charge is 0.478 e. The second-order valence-corrected chi connectivity index (χ2v) is 5.74. The number of nitrogens with one attached hydrogen (secondary N) is 1. The lowest BCUT2D eigenvalue weighted by Crippen LogP contribution is -2.02. The number of benzene rings is 1. The van der Waals surface area contributed by atoms with Crippen LogP contribution in [0.3, 0.4) is 0 Å². The van der Waals surface area contributed by atoms with Gasteiger partial charge >= 0.3 is 5.97 Å². The van der Waals surface area contributed by atoms with Crippen LogP contribution in [-0.4, -0.2) is 21.8 Å². The zero-order valence-electron chi connectivity index (χ0n) is 11.5. The highest BCUT2D eigenvalue weighted by Gasteiger charge is 2.08. The number of hydrogen-bond acceptors (Lipinski definition) is 5. The molecule has 0 radical (unpaired) electrons. The van der Waals surface area contributed by atoms with Crippen LogP contribution in [0.5, 0.6) is 0 Å². The Morgan fingerprint density at radius 3 is 2.45 bits per heavy atom. The zero-order chi connectivity index (χ0) is 14.7. The molecule has 5 nitrogen and oxygen atoms in total. The molecule has 0 saturated heterocycles. The minimum atomic E-state index is -0.940. The standard InChI is InChI=1S/C14H15N3O2S/c1-8(13-9(2)20-10(3)15-13)16-17-12-6-4-11(5-7-12)14(18)19/h4-7,17H,1-3H3,(H,18,19)/b16-8-. The number of aryl methyl sites for hydroxylation is 2. The maximum absolute atomic E-state index is 10.7. The number of hydrogen-bond donors (Lipinski definition) is 2. The number of carboxylic acids is 1. The molecule has 0 aliphatic heterocycles. The number of anilines is 1. The second-order valence-electron chi connectivity index (χ2n) is 4.33. The summed E-state index contributed by atoms with van der Waals surface area (Å²) in [6.07, 6.45) is 0. The van der Waals surface area contributed by atoms with Crippen molar-refractivity contribution < 1.29 is 9.90 Å². The van der Waals surface area contributed by atoms with E-state index in [-0.39, 0.29) is 5.56 Å². The fraction of sp³-hybridized carbons (Fsp3) is 0.214. The van der Waals surface area contributed by atoms with E-state index in [2.05, 4.69) is 15.5 Å². The summed E-state index contributed by atoms with van der Waals surface area (Å²) in [5.74, 6) is -0.940. The first-order valence-electron chi connectivity index (χ1n) is 6.05. The molecule has 0 fully saturated rings. The SMILES string of the molecule is C/C(=N/Nc1ccc(C(=O)O)cc1)c1nc(C)sc1C. The summed E-state index contributed by atoms with van der Waals surface area (Å²) in [4.78, 5) is 16.3. The molecule has 6 heteroatoms. The summed E-state index contributed by atoms with van der Waals surface area (Å²) in [5, 5.41) is 14.1. The Morgan fingerprint density at radius 2 is 1.95 bits per heavy atom. The topological polar surface area (TPSA) is 74.6 Å². The summed E-state index contributed by atoms with van der Waals surface area (Å²) in [5.41, 5.74) is 5.58. The quantitative estimate of drug-likeness (QED) is 0.669. The number of carboxylic acid groups (broad SMARTS) is 1. The molecular formula is C14H15N3O2S. The van der Waals surface area contributed by atoms with Gasteiger partial charge in [0.15, 0.2) is 0 Å². The maximum atomic E-state index is 10.7. The van der Waals surface area contributed by atoms with E-state index in [1.165, 1.54) is 12.1 Å². The van der Waals surface area contributed by atoms with Gasteiger partial charge in [-0.3, -0.25) is 5.43 Å². The first-order valence-corrected chi connectivity index (χ1v) is 6.87. The molecule has 0 spiro atoms. The molecule has 2 aromatic rings. The molecule has 0 atom stereocenters. The summed E-state index contributed by atoms with van der Waals surface area (Å²) in [6.45, 7) is 5.87. The Hall–Kier alpha value is -2.21. The van der Waals surface area contributed by atoms with Crippen LogP contribution < -0.4 is 5.43 Å². The van der Waals surface area contributed by atoms with Gasteiger partial charge in [-0.15, -0.1) is 11.3 Å². The number of thiazole rings is 1. The van der Waals surface area contributed by atoms with E-state index in [1.54, 1.807) is 23.5 Å². The predicted octanol–water partition coefficient (Wildman–Crippen LogP) is 3.29. The number of rotatable bonds is 4. The van der Waals surface area contributed by atoms with E-state index in [1.807, 2.05) is 20.8 Å². The number of aromatic carboxylic acids is 1. The van der Waals surface area contributed by atoms with Crippen LogP contribution in [0.4, 0.5) is 5.69 Å². The van der Waals surface area contributed by atoms with Gasteiger partial charge in [0.25, 0.3) is 0 Å². The fourth-order valence-electron chi connectivity index (χ4n) is 1.75. The van der Waals surface area contributed by atoms with Gasteiger partial charge in [-0.25, -0.2) is 9.78 Å². The molecular weight excluding hydrogens is 274 g/mol. The highest BCUT2D eigenvalue weighted by atomic mass is 32.1. The molecule has 104 valence electrons. The molecule has 20 heavy (non-hydrogen) atoms. The van der Waals surface area contributed by atoms with Crippen LogP contribution in [0.1, 0.15) is 32.9 Å². The summed E-state index contributed by atoms with van der Waals surface area (Å²) in [7, 11) is 0. The lowest BCUT2D eigenvalue weighted by molar-refractivity contribution is 0.0697. The summed E-state index contributed by atoms with van der Waals surface area (Å²) in [6, 6.07) is 6.43. The van der Waals surface area contributed by atoms with Crippen molar-refractivity contribution in [2.75, 3.05) is 5.43 Å². The van der Waals surface area contributed by atoms with E-state index < -0.39 is 5.97 Å². The predicted molar refractivity (Wildman–Crippen MR) is 80.8 cm³/mol. The third-order valence-electron chi connectivity index (χ3n) is 2.73. The third kappa shape index (κ3) is 3.21. The first-order chi connectivity index (χ1) is 9.47. The van der Waals surface area contributed by atoms with Crippen LogP contribution in [0.2, 0.25) is 0 Å². The molecule has 2 rings (SSSR count). The molecule has 0 amide bonds. The van der Waals surface area contributed by atoms with Gasteiger partial charge in [0.2, 0.25) is 0 Å². The van der Waals surface area contributed by atoms with Crippen LogP contribution in [0.25, 0.3) is 0 Å². The minimum Gasteiger partial charge on any atom is -0.478 e. The van der Waals surface area contributed by atoms with E-state index in [4.69, 9.17) is 5.11 Å². The number of carbonyl (C=O) groups is 1. The number of aromatic nitrogens is 1. The smallest absolute Gasteiger partial charge is 0.335 e. The van der Waals surface area contributed by atoms with Crippen molar-refractivity contribution in [2.45, 2.75) is 20.8 Å². The average Bonchev–Trinajstić information content (AvgIpc) is 2.75. The van der Waals surface area contributed by atoms with Crippen molar-refractivity contribution in [3.05, 3.63) is 45.4 Å². The highest BCUT2D eigenvalue weighted by Crippen LogP contribution is 2.17. The van der Waals surface area contributed by atoms with Gasteiger partial charge in [-0.05, 0) is 45.0 Å². The normalized spacial score (nSPS) is 11.4. The van der Waals surface area contributed by atoms with Gasteiger partial charge in [-0.2, -0.15) is 5.10 Å². The first kappa shape index (κ1) is 14.2. The van der Waals surface area contributed by atoms with Crippen LogP contribution in [0, 0.1) is 13.8 Å². The Kier molecular flexibility index (Phi) is 4.14. The highest BCUT2D eigenvalue weighted by molar-refractivity contribution is 7.11. The monoisotopic (exact) mass is 289 g/mol. The third-order valence-corrected chi connectivity index (χ3v) is 3.62. The van der Waals surface area contributed by atoms with Crippen molar-refractivity contribution in [1.82, 2.24) is 4.98 Å². The van der Waals surface area contributed by atoms with Crippen LogP contribution >= 0.6 is 11.3 Å².